The van der Waals surface area contributed by atoms with Gasteiger partial charge in [-0.25, -0.2) is 9.82 Å². The van der Waals surface area contributed by atoms with Crippen LogP contribution in [-0.4, -0.2) is 61.1 Å². The van der Waals surface area contributed by atoms with Crippen LogP contribution >= 0.6 is 15.9 Å². The number of anilines is 1. The quantitative estimate of drug-likeness (QED) is 0.222. The summed E-state index contributed by atoms with van der Waals surface area (Å²) in [7, 11) is 2.09. The normalized spacial score (nSPS) is 11.3. The number of nitrogens with zero attached hydrogens (tertiary/aromatic N) is 3. The number of benzene rings is 3. The van der Waals surface area contributed by atoms with Gasteiger partial charge in [-0.1, -0.05) is 54.0 Å². The molecule has 200 valence electrons. The molecule has 3 aromatic carbocycles. The predicted molar refractivity (Wildman–Crippen MR) is 154 cm³/mol. The molecular formula is C29H33BrFN5O2. The highest BCUT2D eigenvalue weighted by Gasteiger charge is 2.15. The average Bonchev–Trinajstić information content (AvgIpc) is 2.90. The Morgan fingerprint density at radius 2 is 1.71 bits per heavy atom. The number of carbonyl (C=O) groups is 2. The lowest BCUT2D eigenvalue weighted by Crippen LogP contribution is -2.32. The number of halogens is 2. The Morgan fingerprint density at radius 3 is 2.39 bits per heavy atom. The van der Waals surface area contributed by atoms with E-state index >= 15 is 0 Å². The molecule has 0 atom stereocenters. The van der Waals surface area contributed by atoms with Gasteiger partial charge in [-0.3, -0.25) is 9.59 Å². The van der Waals surface area contributed by atoms with Crippen LogP contribution in [0.1, 0.15) is 45.7 Å². The number of rotatable bonds is 12. The second-order valence-corrected chi connectivity index (χ2v) is 9.78. The highest BCUT2D eigenvalue weighted by molar-refractivity contribution is 9.10. The molecule has 0 aliphatic heterocycles. The summed E-state index contributed by atoms with van der Waals surface area (Å²) in [6, 6.07) is 18.3. The Kier molecular flexibility index (Phi) is 11.1. The van der Waals surface area contributed by atoms with Crippen molar-refractivity contribution in [2.24, 2.45) is 5.10 Å². The Labute approximate surface area is 231 Å². The van der Waals surface area contributed by atoms with Crippen LogP contribution < -0.4 is 10.7 Å². The number of carbonyl (C=O) groups excluding carboxylic acids is 2. The summed E-state index contributed by atoms with van der Waals surface area (Å²) in [6.07, 6.45) is 1.35. The average molecular weight is 583 g/mol. The van der Waals surface area contributed by atoms with Gasteiger partial charge < -0.3 is 15.1 Å². The summed E-state index contributed by atoms with van der Waals surface area (Å²) in [4.78, 5) is 30.4. The van der Waals surface area contributed by atoms with Crippen molar-refractivity contribution in [1.29, 1.82) is 0 Å². The molecule has 3 aromatic rings. The van der Waals surface area contributed by atoms with Gasteiger partial charge in [0.05, 0.1) is 17.5 Å². The lowest BCUT2D eigenvalue weighted by atomic mass is 10.1. The van der Waals surface area contributed by atoms with Gasteiger partial charge in [0.1, 0.15) is 5.82 Å². The van der Waals surface area contributed by atoms with E-state index in [0.29, 0.717) is 21.3 Å². The zero-order valence-electron chi connectivity index (χ0n) is 21.9. The monoisotopic (exact) mass is 581 g/mol. The molecule has 0 bridgehead atoms. The summed E-state index contributed by atoms with van der Waals surface area (Å²) in [5, 5.41) is 6.73. The van der Waals surface area contributed by atoms with E-state index in [-0.39, 0.29) is 11.5 Å². The highest BCUT2D eigenvalue weighted by atomic mass is 79.9. The first-order chi connectivity index (χ1) is 18.3. The van der Waals surface area contributed by atoms with Gasteiger partial charge in [0.2, 0.25) is 0 Å². The van der Waals surface area contributed by atoms with Gasteiger partial charge in [0, 0.05) is 29.7 Å². The molecule has 0 aliphatic carbocycles. The Bertz CT molecular complexity index is 1260. The molecule has 2 N–H and O–H groups in total. The van der Waals surface area contributed by atoms with Crippen molar-refractivity contribution in [2.45, 2.75) is 20.4 Å². The molecule has 0 aromatic heterocycles. The first kappa shape index (κ1) is 29.2. The zero-order valence-corrected chi connectivity index (χ0v) is 23.5. The number of nitrogens with one attached hydrogen (secondary N) is 2. The molecule has 0 radical (unpaired) electrons. The SMILES string of the molecule is CCN(CC)CCN(C)Cc1ccc(C(=O)Nc2ccc(Br)cc2C(=O)NN=Cc2cccc(F)c2)cc1. The van der Waals surface area contributed by atoms with E-state index in [9.17, 15) is 14.0 Å². The minimum absolute atomic E-state index is 0.232. The Hall–Kier alpha value is -3.40. The van der Waals surface area contributed by atoms with Crippen molar-refractivity contribution in [3.63, 3.8) is 0 Å². The van der Waals surface area contributed by atoms with Crippen LogP contribution in [-0.2, 0) is 6.54 Å². The number of hydrazone groups is 1. The van der Waals surface area contributed by atoms with Crippen LogP contribution in [0.25, 0.3) is 0 Å². The molecule has 7 nitrogen and oxygen atoms in total. The summed E-state index contributed by atoms with van der Waals surface area (Å²) in [5.74, 6) is -1.24. The summed E-state index contributed by atoms with van der Waals surface area (Å²) >= 11 is 3.36. The predicted octanol–water partition coefficient (Wildman–Crippen LogP) is 5.38. The van der Waals surface area contributed by atoms with Gasteiger partial charge in [-0.15, -0.1) is 0 Å². The molecule has 0 aliphatic rings. The third-order valence-corrected chi connectivity index (χ3v) is 6.56. The lowest BCUT2D eigenvalue weighted by Gasteiger charge is -2.23. The number of hydrogen-bond acceptors (Lipinski definition) is 5. The smallest absolute Gasteiger partial charge is 0.273 e. The third-order valence-electron chi connectivity index (χ3n) is 6.06. The second-order valence-electron chi connectivity index (χ2n) is 8.86. The topological polar surface area (TPSA) is 77.0 Å². The van der Waals surface area contributed by atoms with E-state index in [4.69, 9.17) is 0 Å². The molecule has 3 rings (SSSR count). The van der Waals surface area contributed by atoms with Crippen molar-refractivity contribution in [2.75, 3.05) is 38.5 Å². The highest BCUT2D eigenvalue weighted by Crippen LogP contribution is 2.22. The van der Waals surface area contributed by atoms with Crippen molar-refractivity contribution >= 4 is 39.6 Å². The molecule has 0 fully saturated rings. The van der Waals surface area contributed by atoms with Crippen molar-refractivity contribution < 1.29 is 14.0 Å². The van der Waals surface area contributed by atoms with Crippen molar-refractivity contribution in [3.8, 4) is 0 Å². The van der Waals surface area contributed by atoms with Crippen LogP contribution in [0.4, 0.5) is 10.1 Å². The fourth-order valence-corrected chi connectivity index (χ4v) is 4.19. The Balaban J connectivity index is 1.62. The number of likely N-dealkylation sites (N-methyl/N-ethyl adjacent to an activating group) is 2. The van der Waals surface area contributed by atoms with E-state index in [1.54, 1.807) is 42.5 Å². The maximum absolute atomic E-state index is 13.3. The van der Waals surface area contributed by atoms with Crippen LogP contribution in [0, 0.1) is 5.82 Å². The van der Waals surface area contributed by atoms with E-state index in [2.05, 4.69) is 62.5 Å². The molecular weight excluding hydrogens is 549 g/mol. The lowest BCUT2D eigenvalue weighted by molar-refractivity contribution is 0.0956. The van der Waals surface area contributed by atoms with Crippen LogP contribution in [0.3, 0.4) is 0 Å². The van der Waals surface area contributed by atoms with E-state index in [1.807, 2.05) is 12.1 Å². The van der Waals surface area contributed by atoms with Gasteiger partial charge in [0.15, 0.2) is 0 Å². The van der Waals surface area contributed by atoms with E-state index in [0.717, 1.165) is 38.3 Å². The zero-order chi connectivity index (χ0) is 27.5. The first-order valence-corrected chi connectivity index (χ1v) is 13.3. The van der Waals surface area contributed by atoms with Crippen LogP contribution in [0.5, 0.6) is 0 Å². The molecule has 9 heteroatoms. The standard InChI is InChI=1S/C29H33BrFN5O2/c1-4-36(5-2)16-15-35(3)20-21-9-11-23(12-10-21)28(37)33-27-14-13-24(30)18-26(27)29(38)34-32-19-22-7-6-8-25(31)17-22/h6-14,17-19H,4-5,15-16,20H2,1-3H3,(H,33,37)(H,34,38). The second kappa shape index (κ2) is 14.5. The van der Waals surface area contributed by atoms with Gasteiger partial charge in [0.25, 0.3) is 11.8 Å². The van der Waals surface area contributed by atoms with Gasteiger partial charge in [-0.2, -0.15) is 5.10 Å². The molecule has 0 heterocycles. The first-order valence-electron chi connectivity index (χ1n) is 12.5. The minimum Gasteiger partial charge on any atom is -0.321 e. The Morgan fingerprint density at radius 1 is 0.974 bits per heavy atom. The number of hydrogen-bond donors (Lipinski definition) is 2. The van der Waals surface area contributed by atoms with Crippen molar-refractivity contribution in [3.05, 3.63) is 99.3 Å². The molecule has 0 saturated carbocycles. The molecule has 38 heavy (non-hydrogen) atoms. The fourth-order valence-electron chi connectivity index (χ4n) is 3.82. The minimum atomic E-state index is -0.516. The van der Waals surface area contributed by atoms with Crippen LogP contribution in [0.15, 0.2) is 76.3 Å². The third kappa shape index (κ3) is 8.86. The molecule has 0 unspecified atom stereocenters. The van der Waals surface area contributed by atoms with Crippen LogP contribution in [0.2, 0.25) is 0 Å². The summed E-state index contributed by atoms with van der Waals surface area (Å²) in [5.41, 5.74) is 5.11. The van der Waals surface area contributed by atoms with Crippen molar-refractivity contribution in [1.82, 2.24) is 15.2 Å². The van der Waals surface area contributed by atoms with E-state index in [1.165, 1.54) is 18.3 Å². The number of amides is 2. The maximum Gasteiger partial charge on any atom is 0.273 e. The van der Waals surface area contributed by atoms with Gasteiger partial charge in [-0.05, 0) is 73.7 Å². The summed E-state index contributed by atoms with van der Waals surface area (Å²) < 4.78 is 14.0. The van der Waals surface area contributed by atoms with E-state index < -0.39 is 11.7 Å². The van der Waals surface area contributed by atoms with Gasteiger partial charge >= 0.3 is 0 Å². The largest absolute Gasteiger partial charge is 0.321 e. The molecule has 0 spiro atoms. The molecule has 0 saturated heterocycles. The fraction of sp³-hybridized carbons (Fsp3) is 0.276. The maximum atomic E-state index is 13.3. The molecule has 2 amide bonds. The summed E-state index contributed by atoms with van der Waals surface area (Å²) in [6.45, 7) is 9.18.